The van der Waals surface area contributed by atoms with E-state index in [1.54, 1.807) is 0 Å². The number of nitrogens with zero attached hydrogens (tertiary/aromatic N) is 2. The fraction of sp³-hybridized carbons (Fsp3) is 0.357. The lowest BCUT2D eigenvalue weighted by atomic mass is 10.2. The summed E-state index contributed by atoms with van der Waals surface area (Å²) in [5.74, 6) is 1.21. The summed E-state index contributed by atoms with van der Waals surface area (Å²) >= 11 is 3.38. The van der Waals surface area contributed by atoms with E-state index in [2.05, 4.69) is 36.4 Å². The zero-order valence-corrected chi connectivity index (χ0v) is 13.4. The number of aromatic amines is 1. The molecule has 6 nitrogen and oxygen atoms in total. The van der Waals surface area contributed by atoms with Gasteiger partial charge in [-0.2, -0.15) is 5.10 Å². The van der Waals surface area contributed by atoms with Crippen molar-refractivity contribution in [2.75, 3.05) is 0 Å². The van der Waals surface area contributed by atoms with Gasteiger partial charge >= 0.3 is 0 Å². The molecule has 7 heteroatoms. The average Bonchev–Trinajstić information content (AvgIpc) is 2.92. The maximum Gasteiger partial charge on any atom is 0.220 e. The second-order valence-electron chi connectivity index (χ2n) is 4.91. The Balaban J connectivity index is 1.88. The lowest BCUT2D eigenvalue weighted by Crippen LogP contribution is -2.25. The third kappa shape index (κ3) is 4.95. The molecule has 1 aromatic heterocycles. The first-order chi connectivity index (χ1) is 10.0. The minimum absolute atomic E-state index is 0.0324. The number of carbonyl (C=O) groups is 1. The van der Waals surface area contributed by atoms with Gasteiger partial charge < -0.3 is 11.1 Å². The average molecular weight is 352 g/mol. The summed E-state index contributed by atoms with van der Waals surface area (Å²) in [5.41, 5.74) is 6.53. The number of rotatable bonds is 6. The van der Waals surface area contributed by atoms with Crippen LogP contribution in [0.4, 0.5) is 0 Å². The van der Waals surface area contributed by atoms with Gasteiger partial charge in [0.15, 0.2) is 5.82 Å². The molecule has 112 valence electrons. The van der Waals surface area contributed by atoms with Gasteiger partial charge in [-0.3, -0.25) is 9.89 Å². The summed E-state index contributed by atoms with van der Waals surface area (Å²) in [7, 11) is 0. The molecule has 0 radical (unpaired) electrons. The van der Waals surface area contributed by atoms with Gasteiger partial charge in [-0.1, -0.05) is 28.1 Å². The maximum absolute atomic E-state index is 11.6. The van der Waals surface area contributed by atoms with Crippen LogP contribution in [-0.2, 0) is 11.3 Å². The molecule has 2 rings (SSSR count). The van der Waals surface area contributed by atoms with Crippen molar-refractivity contribution in [1.82, 2.24) is 20.5 Å². The van der Waals surface area contributed by atoms with Gasteiger partial charge in [-0.15, -0.1) is 0 Å². The Bertz CT molecular complexity index is 594. The highest BCUT2D eigenvalue weighted by Crippen LogP contribution is 2.18. The van der Waals surface area contributed by atoms with Gasteiger partial charge in [0.05, 0.1) is 6.54 Å². The van der Waals surface area contributed by atoms with E-state index >= 15 is 0 Å². The SMILES string of the molecule is CC(N)CCC(=O)NCc1nc(-c2ccc(Br)cc2)n[nH]1. The van der Waals surface area contributed by atoms with Crippen molar-refractivity contribution in [3.05, 3.63) is 34.6 Å². The van der Waals surface area contributed by atoms with Crippen molar-refractivity contribution < 1.29 is 4.79 Å². The lowest BCUT2D eigenvalue weighted by Gasteiger charge is -2.05. The number of nitrogens with two attached hydrogens (primary N) is 1. The van der Waals surface area contributed by atoms with E-state index in [0.717, 1.165) is 10.0 Å². The highest BCUT2D eigenvalue weighted by Gasteiger charge is 2.08. The number of benzene rings is 1. The van der Waals surface area contributed by atoms with Crippen molar-refractivity contribution in [2.24, 2.45) is 5.73 Å². The van der Waals surface area contributed by atoms with Gasteiger partial charge in [0.25, 0.3) is 0 Å². The topological polar surface area (TPSA) is 96.7 Å². The van der Waals surface area contributed by atoms with Crippen LogP contribution in [0.3, 0.4) is 0 Å². The summed E-state index contributed by atoms with van der Waals surface area (Å²) in [4.78, 5) is 16.0. The van der Waals surface area contributed by atoms with E-state index in [0.29, 0.717) is 31.0 Å². The Morgan fingerprint density at radius 3 is 2.81 bits per heavy atom. The molecule has 1 heterocycles. The molecule has 0 bridgehead atoms. The molecule has 0 aliphatic rings. The number of H-pyrrole nitrogens is 1. The minimum Gasteiger partial charge on any atom is -0.349 e. The number of aromatic nitrogens is 3. The molecule has 1 atom stereocenters. The molecule has 1 amide bonds. The molecule has 2 aromatic rings. The van der Waals surface area contributed by atoms with Crippen molar-refractivity contribution in [2.45, 2.75) is 32.4 Å². The Morgan fingerprint density at radius 1 is 1.43 bits per heavy atom. The molecule has 0 spiro atoms. The van der Waals surface area contributed by atoms with Crippen LogP contribution in [-0.4, -0.2) is 27.1 Å². The van der Waals surface area contributed by atoms with Crippen LogP contribution in [0.15, 0.2) is 28.7 Å². The predicted molar refractivity (Wildman–Crippen MR) is 84.2 cm³/mol. The fourth-order valence-corrected chi connectivity index (χ4v) is 2.00. The van der Waals surface area contributed by atoms with Crippen LogP contribution in [0.5, 0.6) is 0 Å². The first-order valence-electron chi connectivity index (χ1n) is 6.74. The van der Waals surface area contributed by atoms with Crippen molar-refractivity contribution in [3.63, 3.8) is 0 Å². The summed E-state index contributed by atoms with van der Waals surface area (Å²) in [6.45, 7) is 2.22. The summed E-state index contributed by atoms with van der Waals surface area (Å²) in [6.07, 6.45) is 1.09. The number of hydrogen-bond acceptors (Lipinski definition) is 4. The van der Waals surface area contributed by atoms with Crippen LogP contribution >= 0.6 is 15.9 Å². The largest absolute Gasteiger partial charge is 0.349 e. The molecule has 21 heavy (non-hydrogen) atoms. The smallest absolute Gasteiger partial charge is 0.220 e. The maximum atomic E-state index is 11.6. The first-order valence-corrected chi connectivity index (χ1v) is 7.53. The zero-order chi connectivity index (χ0) is 15.2. The monoisotopic (exact) mass is 351 g/mol. The molecule has 0 saturated carbocycles. The lowest BCUT2D eigenvalue weighted by molar-refractivity contribution is -0.121. The predicted octanol–water partition coefficient (Wildman–Crippen LogP) is 1.98. The van der Waals surface area contributed by atoms with E-state index in [1.165, 1.54) is 0 Å². The Morgan fingerprint density at radius 2 is 2.14 bits per heavy atom. The minimum atomic E-state index is -0.0334. The quantitative estimate of drug-likeness (QED) is 0.741. The number of amides is 1. The molecule has 1 unspecified atom stereocenters. The van der Waals surface area contributed by atoms with Crippen molar-refractivity contribution in [1.29, 1.82) is 0 Å². The Labute approximate surface area is 131 Å². The van der Waals surface area contributed by atoms with Crippen molar-refractivity contribution in [3.8, 4) is 11.4 Å². The number of hydrogen-bond donors (Lipinski definition) is 3. The van der Waals surface area contributed by atoms with Crippen LogP contribution in [0.1, 0.15) is 25.6 Å². The third-order valence-corrected chi connectivity index (χ3v) is 3.44. The van der Waals surface area contributed by atoms with E-state index in [9.17, 15) is 4.79 Å². The molecule has 0 aliphatic carbocycles. The molecule has 0 fully saturated rings. The Kier molecular flexibility index (Phi) is 5.46. The van der Waals surface area contributed by atoms with Crippen LogP contribution < -0.4 is 11.1 Å². The second kappa shape index (κ2) is 7.33. The number of halogens is 1. The van der Waals surface area contributed by atoms with Gasteiger partial charge in [-0.25, -0.2) is 4.98 Å². The molecule has 4 N–H and O–H groups in total. The van der Waals surface area contributed by atoms with E-state index in [1.807, 2.05) is 31.2 Å². The molecular weight excluding hydrogens is 334 g/mol. The molecular formula is C14H18BrN5O. The second-order valence-corrected chi connectivity index (χ2v) is 5.82. The van der Waals surface area contributed by atoms with Crippen LogP contribution in [0, 0.1) is 0 Å². The van der Waals surface area contributed by atoms with Gasteiger partial charge in [0.1, 0.15) is 5.82 Å². The van der Waals surface area contributed by atoms with Gasteiger partial charge in [0.2, 0.25) is 5.91 Å². The highest BCUT2D eigenvalue weighted by molar-refractivity contribution is 9.10. The molecule has 0 saturated heterocycles. The van der Waals surface area contributed by atoms with E-state index < -0.39 is 0 Å². The third-order valence-electron chi connectivity index (χ3n) is 2.91. The van der Waals surface area contributed by atoms with E-state index in [4.69, 9.17) is 5.73 Å². The Hall–Kier alpha value is -1.73. The van der Waals surface area contributed by atoms with Gasteiger partial charge in [0, 0.05) is 22.5 Å². The molecule has 0 aliphatic heterocycles. The molecule has 1 aromatic carbocycles. The summed E-state index contributed by atoms with van der Waals surface area (Å²) < 4.78 is 1.00. The number of nitrogens with one attached hydrogen (secondary N) is 2. The van der Waals surface area contributed by atoms with Gasteiger partial charge in [-0.05, 0) is 25.5 Å². The van der Waals surface area contributed by atoms with Crippen LogP contribution in [0.25, 0.3) is 11.4 Å². The normalized spacial score (nSPS) is 12.1. The zero-order valence-electron chi connectivity index (χ0n) is 11.8. The van der Waals surface area contributed by atoms with Crippen molar-refractivity contribution >= 4 is 21.8 Å². The number of carbonyl (C=O) groups excluding carboxylic acids is 1. The van der Waals surface area contributed by atoms with E-state index in [-0.39, 0.29) is 11.9 Å². The summed E-state index contributed by atoms with van der Waals surface area (Å²) in [5, 5.41) is 9.76. The highest BCUT2D eigenvalue weighted by atomic mass is 79.9. The fourth-order valence-electron chi connectivity index (χ4n) is 1.73. The van der Waals surface area contributed by atoms with Crippen LogP contribution in [0.2, 0.25) is 0 Å². The first kappa shape index (κ1) is 15.7. The summed E-state index contributed by atoms with van der Waals surface area (Å²) in [6, 6.07) is 7.75. The standard InChI is InChI=1S/C14H18BrN5O/c1-9(16)2-7-13(21)17-8-12-18-14(20-19-12)10-3-5-11(15)6-4-10/h3-6,9H,2,7-8,16H2,1H3,(H,17,21)(H,18,19,20).